The predicted octanol–water partition coefficient (Wildman–Crippen LogP) is -2.26. The second-order valence-corrected chi connectivity index (χ2v) is 3.01. The molecule has 0 aromatic rings. The van der Waals surface area contributed by atoms with Gasteiger partial charge in [-0.05, 0) is 0 Å². The number of hydrogen-bond acceptors (Lipinski definition) is 2. The first-order valence-corrected chi connectivity index (χ1v) is 4.40. The molecule has 0 aliphatic heterocycles. The Balaban J connectivity index is 2.68. The Bertz CT molecular complexity index is 58.7. The number of amides is 2. The molecular formula is C2H5N2O2Sb. The molecule has 4 nitrogen and oxygen atoms in total. The molecule has 0 rings (SSSR count). The number of rotatable bonds is 4. The van der Waals surface area contributed by atoms with Crippen molar-refractivity contribution in [1.82, 2.24) is 6.95 Å². The van der Waals surface area contributed by atoms with Crippen LogP contribution in [0.3, 0.4) is 0 Å². The number of nitrogens with one attached hydrogen (secondary N) is 2. The van der Waals surface area contributed by atoms with E-state index in [1.54, 1.807) is 0 Å². The Morgan fingerprint density at radius 1 is 1.14 bits per heavy atom. The van der Waals surface area contributed by atoms with Crippen LogP contribution in [0.4, 0.5) is 0 Å². The molecule has 0 aliphatic rings. The van der Waals surface area contributed by atoms with Crippen LogP contribution >= 0.6 is 0 Å². The van der Waals surface area contributed by atoms with Crippen LogP contribution in [-0.4, -0.2) is 35.0 Å². The number of carbonyl (C=O) groups is 2. The molecule has 0 heterocycles. The summed E-state index contributed by atoms with van der Waals surface area (Å²) in [6.45, 7) is 0. The van der Waals surface area contributed by atoms with Crippen molar-refractivity contribution in [2.45, 2.75) is 0 Å². The van der Waals surface area contributed by atoms with Gasteiger partial charge in [-0.2, -0.15) is 0 Å². The van der Waals surface area contributed by atoms with Crippen molar-refractivity contribution in [2.24, 2.45) is 0 Å². The summed E-state index contributed by atoms with van der Waals surface area (Å²) in [5, 5.41) is 0. The van der Waals surface area contributed by atoms with Crippen LogP contribution in [0.15, 0.2) is 0 Å². The van der Waals surface area contributed by atoms with Gasteiger partial charge in [-0.25, -0.2) is 0 Å². The van der Waals surface area contributed by atoms with Gasteiger partial charge in [-0.15, -0.1) is 0 Å². The maximum atomic E-state index is 9.46. The minimum absolute atomic E-state index is 0.586. The first kappa shape index (κ1) is 6.76. The third-order valence-corrected chi connectivity index (χ3v) is 1.76. The maximum absolute atomic E-state index is 9.46. The molecule has 0 aliphatic carbocycles. The Kier molecular flexibility index (Phi) is 5.56. The van der Waals surface area contributed by atoms with Gasteiger partial charge in [0.1, 0.15) is 0 Å². The van der Waals surface area contributed by atoms with E-state index in [-0.39, 0.29) is 0 Å². The van der Waals surface area contributed by atoms with Crippen LogP contribution in [-0.2, 0) is 9.59 Å². The van der Waals surface area contributed by atoms with Gasteiger partial charge in [0.05, 0.1) is 0 Å². The van der Waals surface area contributed by atoms with E-state index < -0.39 is 22.2 Å². The standard InChI is InChI=1S/2CH3NO.Sb.H/c2*2-1-3;;/h2*1H,(H2,2,3);;/q;;+2;/p-2. The molecule has 0 aromatic heterocycles. The minimum atomic E-state index is -1.05. The van der Waals surface area contributed by atoms with E-state index in [1.807, 2.05) is 0 Å². The Labute approximate surface area is 51.9 Å². The molecule has 0 bridgehead atoms. The van der Waals surface area contributed by atoms with Crippen molar-refractivity contribution in [3.05, 3.63) is 0 Å². The van der Waals surface area contributed by atoms with Gasteiger partial charge < -0.3 is 0 Å². The molecule has 0 atom stereocenters. The monoisotopic (exact) mass is 210 g/mol. The number of carbonyl (C=O) groups excluding carboxylic acids is 2. The summed E-state index contributed by atoms with van der Waals surface area (Å²) in [6, 6.07) is 0. The van der Waals surface area contributed by atoms with Crippen molar-refractivity contribution in [3.8, 4) is 0 Å². The van der Waals surface area contributed by atoms with Crippen molar-refractivity contribution in [2.75, 3.05) is 0 Å². The molecular weight excluding hydrogens is 206 g/mol. The van der Waals surface area contributed by atoms with Gasteiger partial charge in [-0.3, -0.25) is 0 Å². The van der Waals surface area contributed by atoms with Gasteiger partial charge in [0.2, 0.25) is 0 Å². The van der Waals surface area contributed by atoms with E-state index in [1.165, 1.54) is 0 Å². The van der Waals surface area contributed by atoms with Gasteiger partial charge in [0, 0.05) is 0 Å². The van der Waals surface area contributed by atoms with Crippen molar-refractivity contribution in [1.29, 1.82) is 0 Å². The average Bonchev–Trinajstić information content (AvgIpc) is 1.69. The topological polar surface area (TPSA) is 58.2 Å². The fourth-order valence-corrected chi connectivity index (χ4v) is 0.675. The quantitative estimate of drug-likeness (QED) is 0.313. The summed E-state index contributed by atoms with van der Waals surface area (Å²) < 4.78 is 4.79. The molecule has 0 aromatic carbocycles. The fraction of sp³-hybridized carbons (Fsp3) is 0. The predicted molar refractivity (Wildman–Crippen MR) is 25.5 cm³/mol. The third kappa shape index (κ3) is 5.76. The SMILES string of the molecule is O=C[NH][SbH][NH]C=O. The molecule has 0 spiro atoms. The van der Waals surface area contributed by atoms with E-state index in [2.05, 4.69) is 6.95 Å². The van der Waals surface area contributed by atoms with Crippen LogP contribution in [0.25, 0.3) is 0 Å². The molecule has 2 N–H and O–H groups in total. The fourth-order valence-electron chi connectivity index (χ4n) is 0.101. The Hall–Kier alpha value is -0.242. The van der Waals surface area contributed by atoms with Gasteiger partial charge in [-0.1, -0.05) is 0 Å². The third-order valence-electron chi connectivity index (χ3n) is 0.262. The Morgan fingerprint density at radius 2 is 1.57 bits per heavy atom. The first-order valence-electron chi connectivity index (χ1n) is 1.55. The second kappa shape index (κ2) is 5.76. The zero-order valence-corrected chi connectivity index (χ0v) is 6.33. The van der Waals surface area contributed by atoms with Crippen LogP contribution in [0, 0.1) is 0 Å². The molecule has 5 heteroatoms. The average molecular weight is 211 g/mol. The van der Waals surface area contributed by atoms with Gasteiger partial charge in [0.25, 0.3) is 0 Å². The van der Waals surface area contributed by atoms with E-state index in [4.69, 9.17) is 0 Å². The summed E-state index contributed by atoms with van der Waals surface area (Å²) in [7, 11) is 0. The Morgan fingerprint density at radius 3 is 1.86 bits per heavy atom. The molecule has 0 fully saturated rings. The molecule has 0 radical (unpaired) electrons. The molecule has 2 amide bonds. The van der Waals surface area contributed by atoms with Crippen molar-refractivity contribution in [3.63, 3.8) is 0 Å². The summed E-state index contributed by atoms with van der Waals surface area (Å²) in [4.78, 5) is 18.9. The molecule has 40 valence electrons. The summed E-state index contributed by atoms with van der Waals surface area (Å²) >= 11 is -1.05. The normalized spacial score (nSPS) is 6.86. The van der Waals surface area contributed by atoms with E-state index in [0.717, 1.165) is 0 Å². The van der Waals surface area contributed by atoms with Gasteiger partial charge in [0.15, 0.2) is 0 Å². The molecule has 0 unspecified atom stereocenters. The first-order chi connectivity index (χ1) is 3.41. The van der Waals surface area contributed by atoms with Gasteiger partial charge >= 0.3 is 51.5 Å². The van der Waals surface area contributed by atoms with Crippen molar-refractivity contribution >= 4 is 35.0 Å². The van der Waals surface area contributed by atoms with E-state index in [0.29, 0.717) is 12.8 Å². The zero-order valence-electron chi connectivity index (χ0n) is 3.47. The second-order valence-electron chi connectivity index (χ2n) is 0.649. The summed E-state index contributed by atoms with van der Waals surface area (Å²) in [5.74, 6) is 0. The van der Waals surface area contributed by atoms with Crippen LogP contribution in [0.2, 0.25) is 0 Å². The molecule has 0 saturated carbocycles. The van der Waals surface area contributed by atoms with E-state index >= 15 is 0 Å². The molecule has 7 heavy (non-hydrogen) atoms. The zero-order chi connectivity index (χ0) is 5.54. The van der Waals surface area contributed by atoms with E-state index in [9.17, 15) is 9.59 Å². The van der Waals surface area contributed by atoms with Crippen molar-refractivity contribution < 1.29 is 9.59 Å². The summed E-state index contributed by atoms with van der Waals surface area (Å²) in [6.07, 6.45) is 1.17. The molecule has 0 saturated heterocycles. The van der Waals surface area contributed by atoms with Crippen LogP contribution in [0.1, 0.15) is 0 Å². The van der Waals surface area contributed by atoms with Crippen LogP contribution < -0.4 is 6.95 Å². The number of hydrogen-bond donors (Lipinski definition) is 2. The summed E-state index contributed by atoms with van der Waals surface area (Å²) in [5.41, 5.74) is 0. The van der Waals surface area contributed by atoms with Crippen LogP contribution in [0.5, 0.6) is 0 Å².